The molecule has 0 unspecified atom stereocenters. The van der Waals surface area contributed by atoms with Crippen LogP contribution in [0.25, 0.3) is 0 Å². The summed E-state index contributed by atoms with van der Waals surface area (Å²) in [7, 11) is -3.17. The average Bonchev–Trinajstić information content (AvgIpc) is 3.05. The number of fused-ring (bicyclic) bond motifs is 1. The Kier molecular flexibility index (Phi) is 4.13. The first-order chi connectivity index (χ1) is 9.93. The van der Waals surface area contributed by atoms with Crippen molar-refractivity contribution >= 4 is 21.4 Å². The summed E-state index contributed by atoms with van der Waals surface area (Å²) in [5, 5.41) is 14.2. The second-order valence-electron chi connectivity index (χ2n) is 6.40. The molecule has 2 fully saturated rings. The Morgan fingerprint density at radius 2 is 2.29 bits per heavy atom. The summed E-state index contributed by atoms with van der Waals surface area (Å²) >= 11 is 1.69. The van der Waals surface area contributed by atoms with E-state index in [1.807, 2.05) is 0 Å². The van der Waals surface area contributed by atoms with Crippen LogP contribution in [0.5, 0.6) is 0 Å². The van der Waals surface area contributed by atoms with Gasteiger partial charge in [-0.1, -0.05) is 0 Å². The lowest BCUT2D eigenvalue weighted by Gasteiger charge is -2.43. The van der Waals surface area contributed by atoms with Crippen molar-refractivity contribution < 1.29 is 13.5 Å². The van der Waals surface area contributed by atoms with Gasteiger partial charge in [0.2, 0.25) is 10.0 Å². The maximum absolute atomic E-state index is 11.8. The lowest BCUT2D eigenvalue weighted by atomic mass is 9.74. The summed E-state index contributed by atoms with van der Waals surface area (Å²) < 4.78 is 25.2. The molecule has 3 heterocycles. The molecule has 2 aliphatic heterocycles. The lowest BCUT2D eigenvalue weighted by Crippen LogP contribution is -2.50. The second kappa shape index (κ2) is 5.62. The number of nitrogens with zero attached hydrogens (tertiary/aromatic N) is 2. The van der Waals surface area contributed by atoms with E-state index in [4.69, 9.17) is 0 Å². The third-order valence-corrected chi connectivity index (χ3v) is 6.83. The smallest absolute Gasteiger partial charge is 0.211 e. The quantitative estimate of drug-likeness (QED) is 0.888. The van der Waals surface area contributed by atoms with Crippen molar-refractivity contribution in [3.63, 3.8) is 0 Å². The molecular weight excluding hydrogens is 308 g/mol. The van der Waals surface area contributed by atoms with Crippen molar-refractivity contribution in [3.05, 3.63) is 22.4 Å². The molecule has 2 atom stereocenters. The van der Waals surface area contributed by atoms with E-state index >= 15 is 0 Å². The maximum Gasteiger partial charge on any atom is 0.211 e. The van der Waals surface area contributed by atoms with Gasteiger partial charge < -0.3 is 5.11 Å². The van der Waals surface area contributed by atoms with Gasteiger partial charge in [-0.15, -0.1) is 0 Å². The van der Waals surface area contributed by atoms with E-state index in [0.29, 0.717) is 13.1 Å². The number of rotatable bonds is 4. The van der Waals surface area contributed by atoms with Crippen LogP contribution in [0.1, 0.15) is 12.0 Å². The first kappa shape index (κ1) is 15.4. The van der Waals surface area contributed by atoms with Crippen LogP contribution in [0, 0.1) is 11.3 Å². The number of likely N-dealkylation sites (tertiary alicyclic amines) is 1. The predicted octanol–water partition coefficient (Wildman–Crippen LogP) is 0.824. The zero-order chi connectivity index (χ0) is 15.1. The molecule has 0 radical (unpaired) electrons. The van der Waals surface area contributed by atoms with Crippen LogP contribution in [-0.2, 0) is 16.6 Å². The lowest BCUT2D eigenvalue weighted by molar-refractivity contribution is 0.00888. The van der Waals surface area contributed by atoms with Gasteiger partial charge in [-0.2, -0.15) is 11.3 Å². The van der Waals surface area contributed by atoms with Crippen molar-refractivity contribution in [2.24, 2.45) is 11.3 Å². The molecule has 0 aromatic carbocycles. The fraction of sp³-hybridized carbons (Fsp3) is 0.714. The van der Waals surface area contributed by atoms with E-state index in [-0.39, 0.29) is 17.9 Å². The zero-order valence-electron chi connectivity index (χ0n) is 12.2. The Morgan fingerprint density at radius 1 is 1.48 bits per heavy atom. The van der Waals surface area contributed by atoms with Crippen LogP contribution in [0.15, 0.2) is 16.8 Å². The predicted molar refractivity (Wildman–Crippen MR) is 83.6 cm³/mol. The second-order valence-corrected chi connectivity index (χ2v) is 9.17. The van der Waals surface area contributed by atoms with E-state index in [0.717, 1.165) is 26.1 Å². The van der Waals surface area contributed by atoms with Crippen LogP contribution in [0.4, 0.5) is 0 Å². The standard InChI is InChI=1S/C14H22N2O3S2/c1-21(18,19)16-7-13-2-4-15(6-12-3-5-20-8-12)9-14(13,10-16)11-17/h3,5,8,13,17H,2,4,6-7,9-11H2,1H3/t13-,14+/m1/s1. The van der Waals surface area contributed by atoms with Crippen molar-refractivity contribution in [2.75, 3.05) is 39.0 Å². The number of hydrogen-bond donors (Lipinski definition) is 1. The average molecular weight is 330 g/mol. The van der Waals surface area contributed by atoms with Crippen LogP contribution in [0.2, 0.25) is 0 Å². The summed E-state index contributed by atoms with van der Waals surface area (Å²) in [5.74, 6) is 0.274. The molecule has 21 heavy (non-hydrogen) atoms. The molecule has 0 spiro atoms. The van der Waals surface area contributed by atoms with Gasteiger partial charge in [-0.3, -0.25) is 4.90 Å². The molecule has 5 nitrogen and oxygen atoms in total. The highest BCUT2D eigenvalue weighted by atomic mass is 32.2. The van der Waals surface area contributed by atoms with Gasteiger partial charge in [0.25, 0.3) is 0 Å². The van der Waals surface area contributed by atoms with Crippen molar-refractivity contribution in [1.29, 1.82) is 0 Å². The molecule has 0 amide bonds. The molecule has 1 aromatic heterocycles. The van der Waals surface area contributed by atoms with Gasteiger partial charge in [0.05, 0.1) is 12.9 Å². The summed E-state index contributed by atoms with van der Waals surface area (Å²) in [6, 6.07) is 2.12. The topological polar surface area (TPSA) is 60.9 Å². The summed E-state index contributed by atoms with van der Waals surface area (Å²) in [6.07, 6.45) is 2.22. The normalized spacial score (nSPS) is 31.4. The van der Waals surface area contributed by atoms with E-state index < -0.39 is 10.0 Å². The zero-order valence-corrected chi connectivity index (χ0v) is 13.9. The van der Waals surface area contributed by atoms with Crippen molar-refractivity contribution in [3.8, 4) is 0 Å². The van der Waals surface area contributed by atoms with Gasteiger partial charge in [0, 0.05) is 31.6 Å². The number of aliphatic hydroxyl groups is 1. The van der Waals surface area contributed by atoms with Crippen LogP contribution in [-0.4, -0.2) is 61.8 Å². The van der Waals surface area contributed by atoms with Gasteiger partial charge in [0.15, 0.2) is 0 Å². The molecule has 1 N–H and O–H groups in total. The Labute approximate surface area is 130 Å². The maximum atomic E-state index is 11.8. The molecule has 2 saturated heterocycles. The first-order valence-corrected chi connectivity index (χ1v) is 10.0. The molecule has 0 saturated carbocycles. The van der Waals surface area contributed by atoms with E-state index in [9.17, 15) is 13.5 Å². The fourth-order valence-corrected chi connectivity index (χ4v) is 5.28. The van der Waals surface area contributed by atoms with Gasteiger partial charge in [-0.25, -0.2) is 12.7 Å². The monoisotopic (exact) mass is 330 g/mol. The van der Waals surface area contributed by atoms with E-state index in [1.165, 1.54) is 11.8 Å². The third-order valence-electron chi connectivity index (χ3n) is 4.88. The molecule has 118 valence electrons. The van der Waals surface area contributed by atoms with Gasteiger partial charge in [0.1, 0.15) is 0 Å². The number of piperidine rings is 1. The number of hydrogen-bond acceptors (Lipinski definition) is 5. The minimum atomic E-state index is -3.17. The molecular formula is C14H22N2O3S2. The number of sulfonamides is 1. The van der Waals surface area contributed by atoms with E-state index in [2.05, 4.69) is 21.7 Å². The summed E-state index contributed by atoms with van der Waals surface area (Å²) in [6.45, 7) is 3.70. The van der Waals surface area contributed by atoms with E-state index in [1.54, 1.807) is 15.6 Å². The number of thiophene rings is 1. The highest BCUT2D eigenvalue weighted by molar-refractivity contribution is 7.88. The van der Waals surface area contributed by atoms with Crippen LogP contribution < -0.4 is 0 Å². The fourth-order valence-electron chi connectivity index (χ4n) is 3.68. The first-order valence-electron chi connectivity index (χ1n) is 7.22. The highest BCUT2D eigenvalue weighted by Crippen LogP contribution is 2.42. The number of aliphatic hydroxyl groups excluding tert-OH is 1. The van der Waals surface area contributed by atoms with Gasteiger partial charge >= 0.3 is 0 Å². The third kappa shape index (κ3) is 3.03. The molecule has 2 aliphatic rings. The Hall–Kier alpha value is -0.470. The summed E-state index contributed by atoms with van der Waals surface area (Å²) in [4.78, 5) is 2.35. The minimum absolute atomic E-state index is 0.0593. The van der Waals surface area contributed by atoms with Crippen LogP contribution in [0.3, 0.4) is 0 Å². The largest absolute Gasteiger partial charge is 0.396 e. The van der Waals surface area contributed by atoms with Gasteiger partial charge in [-0.05, 0) is 41.3 Å². The SMILES string of the molecule is CS(=O)(=O)N1C[C@H]2CCN(Cc3ccsc3)C[C@@]2(CO)C1. The highest BCUT2D eigenvalue weighted by Gasteiger charge is 2.51. The molecule has 0 aliphatic carbocycles. The Bertz CT molecular complexity index is 587. The Morgan fingerprint density at radius 3 is 2.90 bits per heavy atom. The molecule has 1 aromatic rings. The molecule has 0 bridgehead atoms. The minimum Gasteiger partial charge on any atom is -0.396 e. The summed E-state index contributed by atoms with van der Waals surface area (Å²) in [5.41, 5.74) is 1.00. The molecule has 3 rings (SSSR count). The Balaban J connectivity index is 1.75. The van der Waals surface area contributed by atoms with Crippen LogP contribution >= 0.6 is 11.3 Å². The molecule has 7 heteroatoms. The van der Waals surface area contributed by atoms with Crippen molar-refractivity contribution in [1.82, 2.24) is 9.21 Å². The van der Waals surface area contributed by atoms with Crippen molar-refractivity contribution in [2.45, 2.75) is 13.0 Å².